The molecule has 0 fully saturated rings. The lowest BCUT2D eigenvalue weighted by Gasteiger charge is -2.01. The zero-order valence-electron chi connectivity index (χ0n) is 13.4. The summed E-state index contributed by atoms with van der Waals surface area (Å²) in [4.78, 5) is 11.7. The molecule has 8 nitrogen and oxygen atoms in total. The molecule has 126 valence electrons. The highest BCUT2D eigenvalue weighted by Gasteiger charge is 2.13. The van der Waals surface area contributed by atoms with Crippen molar-refractivity contribution in [1.29, 1.82) is 0 Å². The van der Waals surface area contributed by atoms with E-state index in [0.29, 0.717) is 11.5 Å². The van der Waals surface area contributed by atoms with Crippen molar-refractivity contribution in [2.45, 2.75) is 6.92 Å². The number of methoxy groups -OCH3 is 1. The monoisotopic (exact) mass is 340 g/mol. The summed E-state index contributed by atoms with van der Waals surface area (Å²) < 4.78 is 24.2. The van der Waals surface area contributed by atoms with Crippen LogP contribution in [0.1, 0.15) is 5.69 Å². The zero-order chi connectivity index (χ0) is 17.4. The second-order valence-electron chi connectivity index (χ2n) is 5.26. The number of nitrogens with one attached hydrogen (secondary N) is 2. The maximum atomic E-state index is 13.8. The van der Waals surface area contributed by atoms with Crippen LogP contribution in [0.5, 0.6) is 5.75 Å². The average molecular weight is 340 g/mol. The molecular weight excluding hydrogens is 327 g/mol. The number of aromatic amines is 1. The third-order valence-corrected chi connectivity index (χ3v) is 3.63. The van der Waals surface area contributed by atoms with Gasteiger partial charge in [-0.3, -0.25) is 10.3 Å². The molecule has 0 spiro atoms. The fraction of sp³-hybridized carbons (Fsp3) is 0.125. The number of nitrogens with zero attached hydrogens (tertiary/aromatic N) is 4. The molecule has 0 amide bonds. The number of H-pyrrole nitrogens is 1. The number of hydrogen-bond donors (Lipinski definition) is 2. The van der Waals surface area contributed by atoms with Crippen LogP contribution in [0.4, 0.5) is 16.4 Å². The van der Waals surface area contributed by atoms with Gasteiger partial charge in [-0.25, -0.2) is 9.37 Å². The molecule has 25 heavy (non-hydrogen) atoms. The SMILES string of the molecule is COc1ccc(-c2nnc(Nc3nc4c(C)nccc4[nH]3)o2)cc1F. The van der Waals surface area contributed by atoms with Gasteiger partial charge in [0, 0.05) is 11.8 Å². The van der Waals surface area contributed by atoms with Crippen LogP contribution in [0.2, 0.25) is 0 Å². The summed E-state index contributed by atoms with van der Waals surface area (Å²) >= 11 is 0. The fourth-order valence-electron chi connectivity index (χ4n) is 2.42. The van der Waals surface area contributed by atoms with E-state index in [1.165, 1.54) is 19.2 Å². The molecule has 1 aromatic carbocycles. The van der Waals surface area contributed by atoms with Crippen LogP contribution >= 0.6 is 0 Å². The number of aryl methyl sites for hydroxylation is 1. The van der Waals surface area contributed by atoms with Gasteiger partial charge in [0.15, 0.2) is 11.6 Å². The van der Waals surface area contributed by atoms with Crippen molar-refractivity contribution in [3.63, 3.8) is 0 Å². The van der Waals surface area contributed by atoms with E-state index in [0.717, 1.165) is 16.7 Å². The first kappa shape index (κ1) is 15.1. The Hall–Kier alpha value is -3.49. The molecule has 0 radical (unpaired) electrons. The average Bonchev–Trinajstić information content (AvgIpc) is 3.22. The Morgan fingerprint density at radius 1 is 1.24 bits per heavy atom. The maximum Gasteiger partial charge on any atom is 0.322 e. The molecule has 9 heteroatoms. The standard InChI is InChI=1S/C16H13FN6O2/c1-8-13-11(5-6-18-8)19-15(20-13)21-16-23-22-14(25-16)9-3-4-12(24-2)10(17)7-9/h3-7H,1-2H3,(H2,19,20,21,23). The predicted octanol–water partition coefficient (Wildman–Crippen LogP) is 3.21. The molecule has 4 rings (SSSR count). The van der Waals surface area contributed by atoms with Crippen LogP contribution in [0.25, 0.3) is 22.5 Å². The van der Waals surface area contributed by atoms with Crippen molar-refractivity contribution in [1.82, 2.24) is 25.1 Å². The summed E-state index contributed by atoms with van der Waals surface area (Å²) in [5.74, 6) is 0.265. The van der Waals surface area contributed by atoms with Crippen molar-refractivity contribution in [3.8, 4) is 17.2 Å². The number of imidazole rings is 1. The first-order valence-electron chi connectivity index (χ1n) is 7.40. The van der Waals surface area contributed by atoms with Gasteiger partial charge in [-0.1, -0.05) is 5.10 Å². The Labute approximate surface area is 141 Å². The van der Waals surface area contributed by atoms with Gasteiger partial charge in [-0.2, -0.15) is 0 Å². The number of ether oxygens (including phenoxy) is 1. The molecule has 0 unspecified atom stereocenters. The third-order valence-electron chi connectivity index (χ3n) is 3.63. The number of hydrogen-bond acceptors (Lipinski definition) is 7. The zero-order valence-corrected chi connectivity index (χ0v) is 13.4. The number of halogens is 1. The van der Waals surface area contributed by atoms with Gasteiger partial charge in [0.05, 0.1) is 18.3 Å². The predicted molar refractivity (Wildman–Crippen MR) is 88.2 cm³/mol. The molecule has 0 aliphatic rings. The summed E-state index contributed by atoms with van der Waals surface area (Å²) in [6.45, 7) is 1.87. The molecule has 2 N–H and O–H groups in total. The van der Waals surface area contributed by atoms with Crippen molar-refractivity contribution < 1.29 is 13.5 Å². The van der Waals surface area contributed by atoms with E-state index in [4.69, 9.17) is 9.15 Å². The molecule has 3 aromatic heterocycles. The van der Waals surface area contributed by atoms with Gasteiger partial charge in [0.1, 0.15) is 5.52 Å². The summed E-state index contributed by atoms with van der Waals surface area (Å²) in [5.41, 5.74) is 2.85. The molecule has 0 atom stereocenters. The van der Waals surface area contributed by atoms with Crippen molar-refractivity contribution in [2.24, 2.45) is 0 Å². The van der Waals surface area contributed by atoms with Crippen molar-refractivity contribution in [3.05, 3.63) is 42.0 Å². The highest BCUT2D eigenvalue weighted by molar-refractivity contribution is 5.79. The molecule has 0 saturated carbocycles. The van der Waals surface area contributed by atoms with E-state index in [2.05, 4.69) is 30.5 Å². The Balaban J connectivity index is 1.60. The summed E-state index contributed by atoms with van der Waals surface area (Å²) in [6.07, 6.45) is 1.70. The van der Waals surface area contributed by atoms with Crippen LogP contribution < -0.4 is 10.1 Å². The van der Waals surface area contributed by atoms with E-state index in [9.17, 15) is 4.39 Å². The number of rotatable bonds is 4. The molecule has 3 heterocycles. The third kappa shape index (κ3) is 2.75. The molecule has 0 aliphatic carbocycles. The molecule has 0 aliphatic heterocycles. The molecule has 0 saturated heterocycles. The second-order valence-corrected chi connectivity index (χ2v) is 5.26. The van der Waals surface area contributed by atoms with Crippen LogP contribution in [0, 0.1) is 12.7 Å². The summed E-state index contributed by atoms with van der Waals surface area (Å²) in [5, 5.41) is 10.7. The lowest BCUT2D eigenvalue weighted by molar-refractivity contribution is 0.386. The van der Waals surface area contributed by atoms with Crippen LogP contribution in [0.15, 0.2) is 34.9 Å². The number of aromatic nitrogens is 5. The maximum absolute atomic E-state index is 13.8. The Kier molecular flexibility index (Phi) is 3.53. The van der Waals surface area contributed by atoms with Gasteiger partial charge in [0.2, 0.25) is 11.8 Å². The minimum Gasteiger partial charge on any atom is -0.494 e. The lowest BCUT2D eigenvalue weighted by atomic mass is 10.2. The van der Waals surface area contributed by atoms with Crippen LogP contribution in [0.3, 0.4) is 0 Å². The second kappa shape index (κ2) is 5.86. The first-order chi connectivity index (χ1) is 12.1. The van der Waals surface area contributed by atoms with Crippen molar-refractivity contribution in [2.75, 3.05) is 12.4 Å². The number of anilines is 2. The van der Waals surface area contributed by atoms with E-state index < -0.39 is 5.82 Å². The number of fused-ring (bicyclic) bond motifs is 1. The van der Waals surface area contributed by atoms with E-state index in [-0.39, 0.29) is 17.7 Å². The lowest BCUT2D eigenvalue weighted by Crippen LogP contribution is -1.92. The quantitative estimate of drug-likeness (QED) is 0.588. The topological polar surface area (TPSA) is 102 Å². The summed E-state index contributed by atoms with van der Waals surface area (Å²) in [7, 11) is 1.40. The molecule has 0 bridgehead atoms. The van der Waals surface area contributed by atoms with Gasteiger partial charge < -0.3 is 14.1 Å². The largest absolute Gasteiger partial charge is 0.494 e. The Morgan fingerprint density at radius 2 is 2.12 bits per heavy atom. The molecular formula is C16H13FN6O2. The van der Waals surface area contributed by atoms with E-state index in [1.54, 1.807) is 12.3 Å². The van der Waals surface area contributed by atoms with E-state index >= 15 is 0 Å². The smallest absolute Gasteiger partial charge is 0.322 e. The normalized spacial score (nSPS) is 11.0. The van der Waals surface area contributed by atoms with Gasteiger partial charge in [-0.05, 0) is 31.2 Å². The summed E-state index contributed by atoms with van der Waals surface area (Å²) in [6, 6.07) is 6.36. The highest BCUT2D eigenvalue weighted by atomic mass is 19.1. The van der Waals surface area contributed by atoms with Crippen LogP contribution in [-0.2, 0) is 0 Å². The van der Waals surface area contributed by atoms with E-state index in [1.807, 2.05) is 13.0 Å². The minimum absolute atomic E-state index is 0.135. The Morgan fingerprint density at radius 3 is 2.88 bits per heavy atom. The van der Waals surface area contributed by atoms with Gasteiger partial charge >= 0.3 is 6.01 Å². The number of pyridine rings is 1. The minimum atomic E-state index is -0.507. The highest BCUT2D eigenvalue weighted by Crippen LogP contribution is 2.26. The molecule has 4 aromatic rings. The fourth-order valence-corrected chi connectivity index (χ4v) is 2.42. The van der Waals surface area contributed by atoms with Gasteiger partial charge in [0.25, 0.3) is 0 Å². The first-order valence-corrected chi connectivity index (χ1v) is 7.40. The Bertz CT molecular complexity index is 1060. The number of benzene rings is 1. The van der Waals surface area contributed by atoms with Crippen LogP contribution in [-0.4, -0.2) is 32.3 Å². The van der Waals surface area contributed by atoms with Crippen molar-refractivity contribution >= 4 is 23.0 Å². The van der Waals surface area contributed by atoms with Gasteiger partial charge in [-0.15, -0.1) is 5.10 Å².